The molecular weight excluding hydrogens is 557 g/mol. The summed E-state index contributed by atoms with van der Waals surface area (Å²) in [7, 11) is -3.67. The number of urea groups is 1. The number of amides is 2. The molecule has 0 aliphatic carbocycles. The summed E-state index contributed by atoms with van der Waals surface area (Å²) in [6.07, 6.45) is 1.58. The SMILES string of the molecule is Cc1ccc(S(=O)(=O)Nc2ccc(-c3cc4ncnc(N5CCN(C(=O)Nc6ccccc6)CC5)c4s3)cc2)cc1. The van der Waals surface area contributed by atoms with E-state index in [4.69, 9.17) is 0 Å². The summed E-state index contributed by atoms with van der Waals surface area (Å²) in [4.78, 5) is 27.0. The third kappa shape index (κ3) is 5.86. The number of fused-ring (bicyclic) bond motifs is 1. The molecule has 1 aliphatic rings. The molecule has 0 spiro atoms. The lowest BCUT2D eigenvalue weighted by Gasteiger charge is -2.35. The van der Waals surface area contributed by atoms with Crippen molar-refractivity contribution >= 4 is 54.8 Å². The van der Waals surface area contributed by atoms with Crippen LogP contribution in [0.2, 0.25) is 0 Å². The fraction of sp³-hybridized carbons (Fsp3) is 0.167. The molecule has 9 nitrogen and oxygen atoms in total. The van der Waals surface area contributed by atoms with E-state index in [0.717, 1.165) is 37.7 Å². The number of para-hydroxylation sites is 1. The van der Waals surface area contributed by atoms with Crippen LogP contribution in [-0.4, -0.2) is 55.5 Å². The quantitative estimate of drug-likeness (QED) is 0.260. The average Bonchev–Trinajstić information content (AvgIpc) is 3.43. The zero-order valence-electron chi connectivity index (χ0n) is 22.3. The van der Waals surface area contributed by atoms with Crippen LogP contribution in [0.1, 0.15) is 5.56 Å². The number of thiophene rings is 1. The number of nitrogens with one attached hydrogen (secondary N) is 2. The van der Waals surface area contributed by atoms with E-state index in [1.807, 2.05) is 60.4 Å². The summed E-state index contributed by atoms with van der Waals surface area (Å²) in [5, 5.41) is 2.95. The Kier molecular flexibility index (Phi) is 7.29. The van der Waals surface area contributed by atoms with Crippen molar-refractivity contribution in [3.63, 3.8) is 0 Å². The highest BCUT2D eigenvalue weighted by molar-refractivity contribution is 7.92. The predicted molar refractivity (Wildman–Crippen MR) is 164 cm³/mol. The molecule has 1 aliphatic heterocycles. The number of rotatable bonds is 6. The number of hydrogen-bond acceptors (Lipinski definition) is 7. The third-order valence-corrected chi connectivity index (χ3v) is 9.50. The minimum Gasteiger partial charge on any atom is -0.352 e. The van der Waals surface area contributed by atoms with Gasteiger partial charge in [-0.05, 0) is 55.0 Å². The molecule has 0 unspecified atom stereocenters. The molecule has 0 saturated carbocycles. The van der Waals surface area contributed by atoms with Crippen LogP contribution in [0.4, 0.5) is 22.0 Å². The first-order valence-electron chi connectivity index (χ1n) is 13.2. The molecule has 41 heavy (non-hydrogen) atoms. The molecular formula is C30H28N6O3S2. The number of carbonyl (C=O) groups excluding carboxylic acids is 1. The van der Waals surface area contributed by atoms with Crippen molar-refractivity contribution in [2.75, 3.05) is 41.1 Å². The van der Waals surface area contributed by atoms with Crippen LogP contribution in [0.3, 0.4) is 0 Å². The van der Waals surface area contributed by atoms with Crippen molar-refractivity contribution in [3.8, 4) is 10.4 Å². The maximum Gasteiger partial charge on any atom is 0.321 e. The van der Waals surface area contributed by atoms with Gasteiger partial charge >= 0.3 is 6.03 Å². The Morgan fingerprint density at radius 3 is 2.27 bits per heavy atom. The largest absolute Gasteiger partial charge is 0.352 e. The second kappa shape index (κ2) is 11.2. The van der Waals surface area contributed by atoms with Crippen molar-refractivity contribution in [3.05, 3.63) is 96.8 Å². The minimum absolute atomic E-state index is 0.105. The van der Waals surface area contributed by atoms with Gasteiger partial charge in [-0.2, -0.15) is 0 Å². The van der Waals surface area contributed by atoms with Crippen LogP contribution in [0.15, 0.2) is 96.2 Å². The van der Waals surface area contributed by atoms with Crippen LogP contribution < -0.4 is 14.9 Å². The Morgan fingerprint density at radius 2 is 1.56 bits per heavy atom. The number of nitrogens with zero attached hydrogens (tertiary/aromatic N) is 4. The Bertz CT molecular complexity index is 1780. The summed E-state index contributed by atoms with van der Waals surface area (Å²) in [5.74, 6) is 0.858. The maximum absolute atomic E-state index is 12.8. The average molecular weight is 585 g/mol. The van der Waals surface area contributed by atoms with Gasteiger partial charge in [0.2, 0.25) is 0 Å². The molecule has 0 bridgehead atoms. The Hall–Kier alpha value is -4.48. The van der Waals surface area contributed by atoms with Crippen LogP contribution >= 0.6 is 11.3 Å². The number of anilines is 3. The first kappa shape index (κ1) is 26.7. The standard InChI is InChI=1S/C30H28N6O3S2/c1-21-7-13-25(14-8-21)41(38,39)34-24-11-9-22(10-12-24)27-19-26-28(40-27)29(32-20-31-26)35-15-17-36(18-16-35)30(37)33-23-5-3-2-4-6-23/h2-14,19-20,34H,15-18H2,1H3,(H,33,37). The zero-order chi connectivity index (χ0) is 28.4. The molecule has 5 aromatic rings. The van der Waals surface area contributed by atoms with Gasteiger partial charge in [-0.15, -0.1) is 11.3 Å². The number of hydrogen-bond donors (Lipinski definition) is 2. The van der Waals surface area contributed by atoms with Gasteiger partial charge in [0.05, 0.1) is 15.1 Å². The van der Waals surface area contributed by atoms with Gasteiger partial charge in [0.15, 0.2) is 0 Å². The normalized spacial score (nSPS) is 13.8. The second-order valence-electron chi connectivity index (χ2n) is 9.79. The molecule has 2 amide bonds. The molecule has 11 heteroatoms. The lowest BCUT2D eigenvalue weighted by molar-refractivity contribution is 0.208. The highest BCUT2D eigenvalue weighted by atomic mass is 32.2. The van der Waals surface area contributed by atoms with E-state index >= 15 is 0 Å². The van der Waals surface area contributed by atoms with Crippen molar-refractivity contribution in [2.45, 2.75) is 11.8 Å². The van der Waals surface area contributed by atoms with E-state index in [1.54, 1.807) is 54.1 Å². The van der Waals surface area contributed by atoms with Crippen molar-refractivity contribution in [2.24, 2.45) is 0 Å². The van der Waals surface area contributed by atoms with E-state index in [9.17, 15) is 13.2 Å². The number of carbonyl (C=O) groups is 1. The fourth-order valence-corrected chi connectivity index (χ4v) is 6.88. The first-order valence-corrected chi connectivity index (χ1v) is 15.5. The molecule has 0 atom stereocenters. The summed E-state index contributed by atoms with van der Waals surface area (Å²) in [6.45, 7) is 4.42. The number of aromatic nitrogens is 2. The van der Waals surface area contributed by atoms with Gasteiger partial charge in [-0.25, -0.2) is 23.2 Å². The topological polar surface area (TPSA) is 108 Å². The fourth-order valence-electron chi connectivity index (χ4n) is 4.69. The van der Waals surface area contributed by atoms with Gasteiger partial charge in [0.25, 0.3) is 10.0 Å². The highest BCUT2D eigenvalue weighted by Crippen LogP contribution is 2.37. The number of aryl methyl sites for hydroxylation is 1. The number of piperazine rings is 1. The van der Waals surface area contributed by atoms with Gasteiger partial charge in [-0.1, -0.05) is 48.0 Å². The van der Waals surface area contributed by atoms with E-state index in [1.165, 1.54) is 0 Å². The second-order valence-corrected chi connectivity index (χ2v) is 12.5. The lowest BCUT2D eigenvalue weighted by atomic mass is 10.2. The molecule has 3 aromatic carbocycles. The van der Waals surface area contributed by atoms with Gasteiger partial charge in [0.1, 0.15) is 12.1 Å². The summed E-state index contributed by atoms with van der Waals surface area (Å²) < 4.78 is 29.1. The lowest BCUT2D eigenvalue weighted by Crippen LogP contribution is -2.50. The Labute approximate surface area is 242 Å². The van der Waals surface area contributed by atoms with Crippen molar-refractivity contribution in [1.82, 2.24) is 14.9 Å². The number of benzene rings is 3. The third-order valence-electron chi connectivity index (χ3n) is 6.94. The van der Waals surface area contributed by atoms with Crippen LogP contribution in [0.25, 0.3) is 20.7 Å². The molecule has 2 aromatic heterocycles. The smallest absolute Gasteiger partial charge is 0.321 e. The predicted octanol–water partition coefficient (Wildman–Crippen LogP) is 5.82. The molecule has 1 fully saturated rings. The number of sulfonamides is 1. The maximum atomic E-state index is 12.8. The van der Waals surface area contributed by atoms with E-state index in [0.29, 0.717) is 31.9 Å². The Morgan fingerprint density at radius 1 is 0.854 bits per heavy atom. The van der Waals surface area contributed by atoms with Crippen LogP contribution in [0, 0.1) is 6.92 Å². The minimum atomic E-state index is -3.67. The van der Waals surface area contributed by atoms with Crippen LogP contribution in [0.5, 0.6) is 0 Å². The molecule has 3 heterocycles. The monoisotopic (exact) mass is 584 g/mol. The van der Waals surface area contributed by atoms with Gasteiger partial charge < -0.3 is 15.1 Å². The van der Waals surface area contributed by atoms with E-state index < -0.39 is 10.0 Å². The van der Waals surface area contributed by atoms with E-state index in [2.05, 4.69) is 24.9 Å². The van der Waals surface area contributed by atoms with Crippen molar-refractivity contribution < 1.29 is 13.2 Å². The molecule has 208 valence electrons. The summed E-state index contributed by atoms with van der Waals surface area (Å²) in [6, 6.07) is 25.4. The van der Waals surface area contributed by atoms with Crippen LogP contribution in [-0.2, 0) is 10.0 Å². The molecule has 0 radical (unpaired) electrons. The van der Waals surface area contributed by atoms with Gasteiger partial charge in [-0.3, -0.25) is 4.72 Å². The molecule has 6 rings (SSSR count). The first-order chi connectivity index (χ1) is 19.9. The van der Waals surface area contributed by atoms with Gasteiger partial charge in [0, 0.05) is 42.4 Å². The highest BCUT2D eigenvalue weighted by Gasteiger charge is 2.24. The Balaban J connectivity index is 1.14. The van der Waals surface area contributed by atoms with Crippen molar-refractivity contribution in [1.29, 1.82) is 0 Å². The summed E-state index contributed by atoms with van der Waals surface area (Å²) in [5.41, 5.74) is 4.08. The zero-order valence-corrected chi connectivity index (χ0v) is 24.0. The van der Waals surface area contributed by atoms with E-state index in [-0.39, 0.29) is 10.9 Å². The summed E-state index contributed by atoms with van der Waals surface area (Å²) >= 11 is 1.60. The molecule has 1 saturated heterocycles. The molecule has 2 N–H and O–H groups in total.